The average molecular weight is 405 g/mol. The van der Waals surface area contributed by atoms with Gasteiger partial charge in [0.05, 0.1) is 18.1 Å². The Hall–Kier alpha value is -1.54. The van der Waals surface area contributed by atoms with Gasteiger partial charge in [-0.25, -0.2) is 8.42 Å². The van der Waals surface area contributed by atoms with E-state index in [0.29, 0.717) is 31.2 Å². The van der Waals surface area contributed by atoms with Gasteiger partial charge in [-0.15, -0.1) is 11.8 Å². The molecule has 0 unspecified atom stereocenters. The van der Waals surface area contributed by atoms with E-state index in [0.717, 1.165) is 30.8 Å². The monoisotopic (exact) mass is 404 g/mol. The molecule has 0 amide bonds. The van der Waals surface area contributed by atoms with Crippen molar-refractivity contribution in [1.29, 1.82) is 0 Å². The normalized spacial score (nSPS) is 17.9. The highest BCUT2D eigenvalue weighted by Gasteiger charge is 2.28. The lowest BCUT2D eigenvalue weighted by molar-refractivity contribution is 0.0730. The maximum Gasteiger partial charge on any atom is 0.243 e. The van der Waals surface area contributed by atoms with E-state index in [2.05, 4.69) is 35.4 Å². The highest BCUT2D eigenvalue weighted by molar-refractivity contribution is 7.98. The van der Waals surface area contributed by atoms with Crippen LogP contribution in [0.3, 0.4) is 0 Å². The Bertz CT molecular complexity index is 907. The fourth-order valence-electron chi connectivity index (χ4n) is 3.66. The first-order valence-corrected chi connectivity index (χ1v) is 11.8. The Morgan fingerprint density at radius 3 is 2.48 bits per heavy atom. The van der Waals surface area contributed by atoms with E-state index in [-0.39, 0.29) is 0 Å². The van der Waals surface area contributed by atoms with Gasteiger partial charge in [0.2, 0.25) is 10.0 Å². The highest BCUT2D eigenvalue weighted by Crippen LogP contribution is 2.32. The van der Waals surface area contributed by atoms with Gasteiger partial charge in [-0.2, -0.15) is 4.31 Å². The number of thioether (sulfide) groups is 1. The number of fused-ring (bicyclic) bond motifs is 1. The van der Waals surface area contributed by atoms with Crippen LogP contribution in [-0.4, -0.2) is 51.8 Å². The van der Waals surface area contributed by atoms with E-state index in [1.807, 2.05) is 12.1 Å². The molecule has 144 valence electrons. The van der Waals surface area contributed by atoms with E-state index >= 15 is 0 Å². The van der Waals surface area contributed by atoms with Gasteiger partial charge in [-0.3, -0.25) is 0 Å². The molecule has 0 aliphatic carbocycles. The molecule has 1 saturated heterocycles. The lowest BCUT2D eigenvalue weighted by Crippen LogP contribution is -2.40. The summed E-state index contributed by atoms with van der Waals surface area (Å²) in [6.07, 6.45) is 2.96. The Kier molecular flexibility index (Phi) is 5.45. The smallest absolute Gasteiger partial charge is 0.243 e. The molecule has 0 spiro atoms. The highest BCUT2D eigenvalue weighted by atomic mass is 32.2. The fraction of sp³-hybridized carbons (Fsp3) is 0.400. The third kappa shape index (κ3) is 3.87. The maximum atomic E-state index is 12.9. The van der Waals surface area contributed by atoms with Crippen LogP contribution in [0.1, 0.15) is 11.1 Å². The van der Waals surface area contributed by atoms with Crippen molar-refractivity contribution in [3.8, 4) is 0 Å². The minimum Gasteiger partial charge on any atom is -0.379 e. The van der Waals surface area contributed by atoms with Gasteiger partial charge in [0.15, 0.2) is 0 Å². The molecule has 2 aliphatic heterocycles. The summed E-state index contributed by atoms with van der Waals surface area (Å²) in [4.78, 5) is 3.99. The molecule has 0 saturated carbocycles. The zero-order valence-corrected chi connectivity index (χ0v) is 17.1. The SMILES string of the molecule is CSc1ccc(CN2CCc3cc(S(=O)(=O)N4CCOCC4)ccc32)cc1. The van der Waals surface area contributed by atoms with Crippen LogP contribution in [0, 0.1) is 0 Å². The molecule has 0 atom stereocenters. The van der Waals surface area contributed by atoms with Gasteiger partial charge < -0.3 is 9.64 Å². The summed E-state index contributed by atoms with van der Waals surface area (Å²) >= 11 is 1.74. The zero-order chi connectivity index (χ0) is 18.9. The van der Waals surface area contributed by atoms with Crippen molar-refractivity contribution in [1.82, 2.24) is 4.31 Å². The Morgan fingerprint density at radius 2 is 1.78 bits per heavy atom. The van der Waals surface area contributed by atoms with Crippen LogP contribution < -0.4 is 4.90 Å². The van der Waals surface area contributed by atoms with Crippen molar-refractivity contribution in [2.75, 3.05) is 44.0 Å². The van der Waals surface area contributed by atoms with Gasteiger partial charge >= 0.3 is 0 Å². The molecule has 2 aromatic rings. The first kappa shape index (κ1) is 18.8. The van der Waals surface area contributed by atoms with Crippen molar-refractivity contribution < 1.29 is 13.2 Å². The minimum atomic E-state index is -3.44. The van der Waals surface area contributed by atoms with Crippen molar-refractivity contribution >= 4 is 27.5 Å². The molecule has 0 radical (unpaired) electrons. The fourth-order valence-corrected chi connectivity index (χ4v) is 5.53. The number of rotatable bonds is 5. The van der Waals surface area contributed by atoms with Gasteiger partial charge in [-0.1, -0.05) is 12.1 Å². The van der Waals surface area contributed by atoms with Crippen LogP contribution in [0.2, 0.25) is 0 Å². The standard InChI is InChI=1S/C20H24N2O3S2/c1-26-18-4-2-16(3-5-18)15-21-9-8-17-14-19(6-7-20(17)21)27(23,24)22-10-12-25-13-11-22/h2-7,14H,8-13,15H2,1H3. The zero-order valence-electron chi connectivity index (χ0n) is 15.4. The molecule has 2 aromatic carbocycles. The number of sulfonamides is 1. The van der Waals surface area contributed by atoms with E-state index in [4.69, 9.17) is 4.74 Å². The van der Waals surface area contributed by atoms with E-state index in [9.17, 15) is 8.42 Å². The molecular weight excluding hydrogens is 380 g/mol. The quantitative estimate of drug-likeness (QED) is 0.717. The predicted molar refractivity (Wildman–Crippen MR) is 109 cm³/mol. The van der Waals surface area contributed by atoms with E-state index in [1.54, 1.807) is 17.8 Å². The van der Waals surface area contributed by atoms with Crippen LogP contribution in [0.15, 0.2) is 52.3 Å². The summed E-state index contributed by atoms with van der Waals surface area (Å²) in [5.41, 5.74) is 3.53. The Balaban J connectivity index is 1.53. The molecule has 0 N–H and O–H groups in total. The summed E-state index contributed by atoms with van der Waals surface area (Å²) in [5, 5.41) is 0. The molecule has 7 heteroatoms. The first-order valence-electron chi connectivity index (χ1n) is 9.16. The van der Waals surface area contributed by atoms with Crippen LogP contribution >= 0.6 is 11.8 Å². The molecule has 1 fully saturated rings. The predicted octanol–water partition coefficient (Wildman–Crippen LogP) is 2.99. The van der Waals surface area contributed by atoms with Gasteiger partial charge in [0.25, 0.3) is 0 Å². The molecule has 27 heavy (non-hydrogen) atoms. The lowest BCUT2D eigenvalue weighted by atomic mass is 10.1. The average Bonchev–Trinajstić information content (AvgIpc) is 3.11. The van der Waals surface area contributed by atoms with Crippen LogP contribution in [-0.2, 0) is 27.7 Å². The molecule has 0 bridgehead atoms. The van der Waals surface area contributed by atoms with E-state index < -0.39 is 10.0 Å². The molecule has 0 aromatic heterocycles. The number of hydrogen-bond acceptors (Lipinski definition) is 5. The number of ether oxygens (including phenoxy) is 1. The second-order valence-corrected chi connectivity index (χ2v) is 9.64. The number of nitrogens with zero attached hydrogens (tertiary/aromatic N) is 2. The first-order chi connectivity index (χ1) is 13.1. The third-order valence-electron chi connectivity index (χ3n) is 5.18. The van der Waals surface area contributed by atoms with Crippen LogP contribution in [0.4, 0.5) is 5.69 Å². The number of anilines is 1. The van der Waals surface area contributed by atoms with E-state index in [1.165, 1.54) is 14.8 Å². The summed E-state index contributed by atoms with van der Waals surface area (Å²) in [5.74, 6) is 0. The summed E-state index contributed by atoms with van der Waals surface area (Å²) in [7, 11) is -3.44. The molecule has 2 heterocycles. The van der Waals surface area contributed by atoms with Crippen LogP contribution in [0.5, 0.6) is 0 Å². The largest absolute Gasteiger partial charge is 0.379 e. The lowest BCUT2D eigenvalue weighted by Gasteiger charge is -2.26. The maximum absolute atomic E-state index is 12.9. The Morgan fingerprint density at radius 1 is 1.04 bits per heavy atom. The number of benzene rings is 2. The van der Waals surface area contributed by atoms with Crippen molar-refractivity contribution in [2.45, 2.75) is 22.8 Å². The third-order valence-corrected chi connectivity index (χ3v) is 7.82. The second-order valence-electron chi connectivity index (χ2n) is 6.83. The van der Waals surface area contributed by atoms with Crippen LogP contribution in [0.25, 0.3) is 0 Å². The van der Waals surface area contributed by atoms with Gasteiger partial charge in [0.1, 0.15) is 0 Å². The summed E-state index contributed by atoms with van der Waals surface area (Å²) in [6, 6.07) is 14.2. The minimum absolute atomic E-state index is 0.398. The molecule has 4 rings (SSSR count). The van der Waals surface area contributed by atoms with Crippen molar-refractivity contribution in [3.63, 3.8) is 0 Å². The van der Waals surface area contributed by atoms with Gasteiger partial charge in [0, 0.05) is 36.8 Å². The Labute approximate surface area is 165 Å². The van der Waals surface area contributed by atoms with Crippen molar-refractivity contribution in [3.05, 3.63) is 53.6 Å². The molecular formula is C20H24N2O3S2. The van der Waals surface area contributed by atoms with Crippen molar-refractivity contribution in [2.24, 2.45) is 0 Å². The topological polar surface area (TPSA) is 49.9 Å². The summed E-state index contributed by atoms with van der Waals surface area (Å²) in [6.45, 7) is 3.55. The van der Waals surface area contributed by atoms with Gasteiger partial charge in [-0.05, 0) is 54.1 Å². The number of morpholine rings is 1. The molecule has 5 nitrogen and oxygen atoms in total. The molecule has 2 aliphatic rings. The summed E-state index contributed by atoms with van der Waals surface area (Å²) < 4.78 is 32.6. The second kappa shape index (κ2) is 7.83. The number of hydrogen-bond donors (Lipinski definition) is 0.